The number of nitrogens with one attached hydrogen (secondary N) is 1. The van der Waals surface area contributed by atoms with Crippen molar-refractivity contribution in [1.29, 1.82) is 0 Å². The van der Waals surface area contributed by atoms with Gasteiger partial charge in [0.15, 0.2) is 0 Å². The van der Waals surface area contributed by atoms with E-state index < -0.39 is 0 Å². The van der Waals surface area contributed by atoms with Gasteiger partial charge in [0.2, 0.25) is 0 Å². The summed E-state index contributed by atoms with van der Waals surface area (Å²) in [5, 5.41) is 4.31. The second kappa shape index (κ2) is 7.42. The van der Waals surface area contributed by atoms with E-state index in [0.717, 1.165) is 31.4 Å². The van der Waals surface area contributed by atoms with E-state index in [-0.39, 0.29) is 12.1 Å². The molecule has 17 heavy (non-hydrogen) atoms. The highest BCUT2D eigenvalue weighted by molar-refractivity contribution is 5.10. The number of rotatable bonds is 8. The average Bonchev–Trinajstić information content (AvgIpc) is 2.78. The zero-order valence-corrected chi connectivity index (χ0v) is 11.0. The number of hydrazine groups is 1. The third-order valence-electron chi connectivity index (χ3n) is 2.97. The van der Waals surface area contributed by atoms with Crippen molar-refractivity contribution in [2.75, 3.05) is 7.11 Å². The lowest BCUT2D eigenvalue weighted by Crippen LogP contribution is -2.28. The van der Waals surface area contributed by atoms with Crippen molar-refractivity contribution in [1.82, 2.24) is 15.2 Å². The van der Waals surface area contributed by atoms with E-state index in [2.05, 4.69) is 30.6 Å². The SMILES string of the molecule is CCCn1cc(C(CCC(C)OC)NN)cn1. The summed E-state index contributed by atoms with van der Waals surface area (Å²) in [7, 11) is 1.73. The topological polar surface area (TPSA) is 65.1 Å². The average molecular weight is 240 g/mol. The molecular weight excluding hydrogens is 216 g/mol. The molecule has 0 saturated carbocycles. The van der Waals surface area contributed by atoms with E-state index in [0.29, 0.717) is 0 Å². The molecule has 98 valence electrons. The van der Waals surface area contributed by atoms with E-state index in [9.17, 15) is 0 Å². The predicted molar refractivity (Wildman–Crippen MR) is 68.3 cm³/mol. The number of aromatic nitrogens is 2. The third kappa shape index (κ3) is 4.46. The quantitative estimate of drug-likeness (QED) is 0.535. The van der Waals surface area contributed by atoms with Gasteiger partial charge >= 0.3 is 0 Å². The number of hydrogen-bond acceptors (Lipinski definition) is 4. The maximum atomic E-state index is 5.59. The first kappa shape index (κ1) is 14.2. The van der Waals surface area contributed by atoms with Gasteiger partial charge in [-0.15, -0.1) is 0 Å². The van der Waals surface area contributed by atoms with Gasteiger partial charge in [0, 0.05) is 31.5 Å². The van der Waals surface area contributed by atoms with Crippen LogP contribution >= 0.6 is 0 Å². The van der Waals surface area contributed by atoms with E-state index in [1.807, 2.05) is 10.9 Å². The third-order valence-corrected chi connectivity index (χ3v) is 2.97. The van der Waals surface area contributed by atoms with Gasteiger partial charge in [-0.05, 0) is 26.2 Å². The van der Waals surface area contributed by atoms with Crippen LogP contribution in [0, 0.1) is 0 Å². The molecule has 0 aliphatic carbocycles. The van der Waals surface area contributed by atoms with Crippen molar-refractivity contribution in [3.63, 3.8) is 0 Å². The number of nitrogens with zero attached hydrogens (tertiary/aromatic N) is 2. The molecule has 1 aromatic heterocycles. The Hall–Kier alpha value is -0.910. The minimum absolute atomic E-state index is 0.151. The molecule has 2 atom stereocenters. The molecule has 0 fully saturated rings. The van der Waals surface area contributed by atoms with Crippen LogP contribution < -0.4 is 11.3 Å². The Morgan fingerprint density at radius 1 is 1.53 bits per heavy atom. The Kier molecular flexibility index (Phi) is 6.18. The van der Waals surface area contributed by atoms with Crippen molar-refractivity contribution < 1.29 is 4.74 Å². The van der Waals surface area contributed by atoms with Crippen molar-refractivity contribution in [2.45, 2.75) is 51.8 Å². The number of hydrogen-bond donors (Lipinski definition) is 2. The summed E-state index contributed by atoms with van der Waals surface area (Å²) in [6.07, 6.45) is 7.22. The van der Waals surface area contributed by atoms with Gasteiger partial charge in [-0.3, -0.25) is 16.0 Å². The van der Waals surface area contributed by atoms with Gasteiger partial charge in [-0.25, -0.2) is 0 Å². The second-order valence-electron chi connectivity index (χ2n) is 4.38. The lowest BCUT2D eigenvalue weighted by atomic mass is 10.0. The van der Waals surface area contributed by atoms with Crippen molar-refractivity contribution >= 4 is 0 Å². The van der Waals surface area contributed by atoms with E-state index in [4.69, 9.17) is 10.6 Å². The minimum atomic E-state index is 0.151. The maximum absolute atomic E-state index is 5.59. The van der Waals surface area contributed by atoms with Gasteiger partial charge in [0.05, 0.1) is 12.3 Å². The second-order valence-corrected chi connectivity index (χ2v) is 4.38. The summed E-state index contributed by atoms with van der Waals surface area (Å²) < 4.78 is 7.19. The highest BCUT2D eigenvalue weighted by Gasteiger charge is 2.13. The Morgan fingerprint density at radius 3 is 2.88 bits per heavy atom. The summed E-state index contributed by atoms with van der Waals surface area (Å²) in [6.45, 7) is 5.15. The van der Waals surface area contributed by atoms with Crippen LogP contribution in [0.2, 0.25) is 0 Å². The van der Waals surface area contributed by atoms with E-state index >= 15 is 0 Å². The molecule has 0 aromatic carbocycles. The van der Waals surface area contributed by atoms with Crippen molar-refractivity contribution in [3.8, 4) is 0 Å². The van der Waals surface area contributed by atoms with Crippen LogP contribution in [0.25, 0.3) is 0 Å². The van der Waals surface area contributed by atoms with Crippen LogP contribution in [0.1, 0.15) is 44.7 Å². The summed E-state index contributed by atoms with van der Waals surface area (Å²) in [5.41, 5.74) is 3.99. The monoisotopic (exact) mass is 240 g/mol. The van der Waals surface area contributed by atoms with Gasteiger partial charge in [0.1, 0.15) is 0 Å². The smallest absolute Gasteiger partial charge is 0.0543 e. The molecular formula is C12H24N4O. The van der Waals surface area contributed by atoms with Crippen molar-refractivity contribution in [3.05, 3.63) is 18.0 Å². The van der Waals surface area contributed by atoms with Crippen LogP contribution in [0.3, 0.4) is 0 Å². The summed E-state index contributed by atoms with van der Waals surface area (Å²) >= 11 is 0. The van der Waals surface area contributed by atoms with E-state index in [1.165, 1.54) is 0 Å². The van der Waals surface area contributed by atoms with Crippen LogP contribution in [-0.2, 0) is 11.3 Å². The lowest BCUT2D eigenvalue weighted by molar-refractivity contribution is 0.106. The molecule has 0 aliphatic heterocycles. The number of nitrogens with two attached hydrogens (primary N) is 1. The maximum Gasteiger partial charge on any atom is 0.0543 e. The first-order chi connectivity index (χ1) is 8.21. The Morgan fingerprint density at radius 2 is 2.29 bits per heavy atom. The van der Waals surface area contributed by atoms with Crippen LogP contribution in [0.5, 0.6) is 0 Å². The van der Waals surface area contributed by atoms with Crippen LogP contribution in [0.4, 0.5) is 0 Å². The number of ether oxygens (including phenoxy) is 1. The molecule has 0 amide bonds. The molecule has 0 aliphatic rings. The molecule has 0 spiro atoms. The summed E-state index contributed by atoms with van der Waals surface area (Å²) in [6, 6.07) is 0.151. The largest absolute Gasteiger partial charge is 0.382 e. The molecule has 1 rings (SSSR count). The molecule has 3 N–H and O–H groups in total. The van der Waals surface area contributed by atoms with Crippen LogP contribution in [-0.4, -0.2) is 23.0 Å². The van der Waals surface area contributed by atoms with Gasteiger partial charge in [-0.1, -0.05) is 6.92 Å². The normalized spacial score (nSPS) is 14.8. The van der Waals surface area contributed by atoms with E-state index in [1.54, 1.807) is 7.11 Å². The highest BCUT2D eigenvalue weighted by Crippen LogP contribution is 2.18. The standard InChI is InChI=1S/C12H24N4O/c1-4-7-16-9-11(8-14-16)12(15-13)6-5-10(2)17-3/h8-10,12,15H,4-7,13H2,1-3H3. The van der Waals surface area contributed by atoms with Gasteiger partial charge in [-0.2, -0.15) is 5.10 Å². The molecule has 5 heteroatoms. The predicted octanol–water partition coefficient (Wildman–Crippen LogP) is 1.61. The Labute approximate surface area is 103 Å². The molecule has 5 nitrogen and oxygen atoms in total. The van der Waals surface area contributed by atoms with Gasteiger partial charge in [0.25, 0.3) is 0 Å². The Balaban J connectivity index is 2.53. The summed E-state index contributed by atoms with van der Waals surface area (Å²) in [4.78, 5) is 0. The molecule has 1 heterocycles. The number of aryl methyl sites for hydroxylation is 1. The fourth-order valence-electron chi connectivity index (χ4n) is 1.78. The zero-order valence-electron chi connectivity index (χ0n) is 11.0. The molecule has 1 aromatic rings. The first-order valence-electron chi connectivity index (χ1n) is 6.22. The highest BCUT2D eigenvalue weighted by atomic mass is 16.5. The fourth-order valence-corrected chi connectivity index (χ4v) is 1.78. The van der Waals surface area contributed by atoms with Crippen LogP contribution in [0.15, 0.2) is 12.4 Å². The molecule has 0 saturated heterocycles. The fraction of sp³-hybridized carbons (Fsp3) is 0.750. The Bertz CT molecular complexity index is 313. The molecule has 0 bridgehead atoms. The first-order valence-corrected chi connectivity index (χ1v) is 6.22. The van der Waals surface area contributed by atoms with Gasteiger partial charge < -0.3 is 4.74 Å². The number of methoxy groups -OCH3 is 1. The zero-order chi connectivity index (χ0) is 12.7. The summed E-state index contributed by atoms with van der Waals surface area (Å²) in [5.74, 6) is 5.59. The molecule has 0 radical (unpaired) electrons. The van der Waals surface area contributed by atoms with Crippen molar-refractivity contribution in [2.24, 2.45) is 5.84 Å². The minimum Gasteiger partial charge on any atom is -0.382 e. The molecule has 2 unspecified atom stereocenters. The lowest BCUT2D eigenvalue weighted by Gasteiger charge is -2.16.